The predicted molar refractivity (Wildman–Crippen MR) is 226 cm³/mol. The fourth-order valence-corrected chi connectivity index (χ4v) is 8.97. The summed E-state index contributed by atoms with van der Waals surface area (Å²) >= 11 is 0. The van der Waals surface area contributed by atoms with E-state index in [1.165, 1.54) is 60.3 Å². The molecule has 10 rings (SSSR count). The SMILES string of the molecule is CC1(C)c2c(cc(N(c3ccccc3)c3ccccc3)c3ccccc23)-c2c1c1ccc(N(c3ccccc3)c3ccccc3)cc1c1ccccc21. The third-order valence-corrected chi connectivity index (χ3v) is 11.1. The van der Waals surface area contributed by atoms with Crippen molar-refractivity contribution >= 4 is 66.4 Å². The second-order valence-electron chi connectivity index (χ2n) is 14.5. The van der Waals surface area contributed by atoms with Crippen LogP contribution in [0.4, 0.5) is 34.1 Å². The van der Waals surface area contributed by atoms with Gasteiger partial charge < -0.3 is 9.80 Å². The summed E-state index contributed by atoms with van der Waals surface area (Å²) < 4.78 is 0. The third-order valence-electron chi connectivity index (χ3n) is 11.1. The number of para-hydroxylation sites is 4. The maximum atomic E-state index is 2.48. The largest absolute Gasteiger partial charge is 0.310 e. The maximum Gasteiger partial charge on any atom is 0.0546 e. The topological polar surface area (TPSA) is 6.48 Å². The Morgan fingerprint density at radius 2 is 0.755 bits per heavy atom. The molecule has 0 bridgehead atoms. The Balaban J connectivity index is 1.27. The highest BCUT2D eigenvalue weighted by molar-refractivity contribution is 6.21. The van der Waals surface area contributed by atoms with Crippen molar-refractivity contribution in [3.05, 3.63) is 205 Å². The Labute approximate surface area is 310 Å². The Kier molecular flexibility index (Phi) is 7.19. The molecule has 0 radical (unpaired) electrons. The standard InChI is InChI=1S/C51H38N2/c1-51(2)49-43-30-18-16-28-41(43)47(53(37-23-11-5-12-24-37)38-25-13-6-14-26-38)34-46(49)48-42-29-17-15-27-40(42)45-33-39(31-32-44(45)50(48)51)52(35-19-7-3-8-20-35)36-21-9-4-10-22-36/h3-34H,1-2H3. The van der Waals surface area contributed by atoms with Crippen LogP contribution in [0.1, 0.15) is 25.0 Å². The van der Waals surface area contributed by atoms with E-state index >= 15 is 0 Å². The fraction of sp³-hybridized carbons (Fsp3) is 0.0588. The Hall–Kier alpha value is -6.64. The van der Waals surface area contributed by atoms with Gasteiger partial charge in [-0.2, -0.15) is 0 Å². The van der Waals surface area contributed by atoms with Crippen LogP contribution < -0.4 is 9.80 Å². The maximum absolute atomic E-state index is 2.48. The van der Waals surface area contributed by atoms with Crippen LogP contribution in [0.5, 0.6) is 0 Å². The lowest BCUT2D eigenvalue weighted by molar-refractivity contribution is 0.672. The second kappa shape index (κ2) is 12.3. The van der Waals surface area contributed by atoms with Crippen molar-refractivity contribution in [3.63, 3.8) is 0 Å². The van der Waals surface area contributed by atoms with Crippen LogP contribution in [-0.4, -0.2) is 0 Å². The molecule has 0 saturated carbocycles. The first-order chi connectivity index (χ1) is 26.1. The van der Waals surface area contributed by atoms with Crippen molar-refractivity contribution in [3.8, 4) is 11.1 Å². The van der Waals surface area contributed by atoms with E-state index in [-0.39, 0.29) is 5.41 Å². The number of anilines is 6. The van der Waals surface area contributed by atoms with Crippen molar-refractivity contribution in [1.29, 1.82) is 0 Å². The van der Waals surface area contributed by atoms with Gasteiger partial charge >= 0.3 is 0 Å². The molecule has 0 unspecified atom stereocenters. The van der Waals surface area contributed by atoms with Crippen LogP contribution in [0.15, 0.2) is 194 Å². The van der Waals surface area contributed by atoms with Crippen molar-refractivity contribution in [1.82, 2.24) is 0 Å². The number of hydrogen-bond donors (Lipinski definition) is 0. The van der Waals surface area contributed by atoms with Gasteiger partial charge in [-0.05, 0) is 116 Å². The predicted octanol–water partition coefficient (Wildman–Crippen LogP) is 14.4. The quantitative estimate of drug-likeness (QED) is 0.162. The van der Waals surface area contributed by atoms with Crippen LogP contribution in [0.3, 0.4) is 0 Å². The van der Waals surface area contributed by atoms with Crippen LogP contribution in [0, 0.1) is 0 Å². The first-order valence-corrected chi connectivity index (χ1v) is 18.5. The Morgan fingerprint density at radius 3 is 1.30 bits per heavy atom. The molecule has 252 valence electrons. The molecule has 1 aliphatic rings. The summed E-state index contributed by atoms with van der Waals surface area (Å²) in [5.74, 6) is 0. The van der Waals surface area contributed by atoms with E-state index in [4.69, 9.17) is 0 Å². The summed E-state index contributed by atoms with van der Waals surface area (Å²) in [5.41, 5.74) is 12.1. The minimum Gasteiger partial charge on any atom is -0.310 e. The highest BCUT2D eigenvalue weighted by Gasteiger charge is 2.41. The van der Waals surface area contributed by atoms with Crippen LogP contribution in [0.25, 0.3) is 43.4 Å². The van der Waals surface area contributed by atoms with Gasteiger partial charge in [0.15, 0.2) is 0 Å². The first kappa shape index (κ1) is 31.1. The zero-order valence-corrected chi connectivity index (χ0v) is 29.9. The fourth-order valence-electron chi connectivity index (χ4n) is 8.97. The number of benzene rings is 9. The van der Waals surface area contributed by atoms with E-state index in [1.807, 2.05) is 0 Å². The second-order valence-corrected chi connectivity index (χ2v) is 14.5. The van der Waals surface area contributed by atoms with Gasteiger partial charge in [0.1, 0.15) is 0 Å². The minimum atomic E-state index is -0.254. The van der Waals surface area contributed by atoms with Gasteiger partial charge in [0.05, 0.1) is 5.69 Å². The summed E-state index contributed by atoms with van der Waals surface area (Å²) in [6.07, 6.45) is 0. The highest BCUT2D eigenvalue weighted by Crippen LogP contribution is 2.58. The van der Waals surface area contributed by atoms with Crippen LogP contribution in [-0.2, 0) is 5.41 Å². The lowest BCUT2D eigenvalue weighted by atomic mass is 9.77. The molecular formula is C51H38N2. The lowest BCUT2D eigenvalue weighted by Crippen LogP contribution is -2.17. The van der Waals surface area contributed by atoms with Gasteiger partial charge in [0.2, 0.25) is 0 Å². The van der Waals surface area contributed by atoms with Crippen molar-refractivity contribution < 1.29 is 0 Å². The molecule has 1 aliphatic carbocycles. The number of hydrogen-bond acceptors (Lipinski definition) is 2. The summed E-state index contributed by atoms with van der Waals surface area (Å²) in [4.78, 5) is 4.79. The summed E-state index contributed by atoms with van der Waals surface area (Å²) in [5, 5.41) is 7.68. The molecule has 0 amide bonds. The van der Waals surface area contributed by atoms with Crippen LogP contribution in [0.2, 0.25) is 0 Å². The number of rotatable bonds is 6. The van der Waals surface area contributed by atoms with Gasteiger partial charge in [0.25, 0.3) is 0 Å². The molecule has 53 heavy (non-hydrogen) atoms. The Morgan fingerprint density at radius 1 is 0.321 bits per heavy atom. The molecule has 0 aromatic heterocycles. The molecule has 0 saturated heterocycles. The van der Waals surface area contributed by atoms with E-state index in [9.17, 15) is 0 Å². The smallest absolute Gasteiger partial charge is 0.0546 e. The highest BCUT2D eigenvalue weighted by atomic mass is 15.1. The van der Waals surface area contributed by atoms with E-state index < -0.39 is 0 Å². The lowest BCUT2D eigenvalue weighted by Gasteiger charge is -2.30. The van der Waals surface area contributed by atoms with E-state index in [2.05, 4.69) is 218 Å². The van der Waals surface area contributed by atoms with Gasteiger partial charge in [-0.25, -0.2) is 0 Å². The molecule has 0 heterocycles. The third kappa shape index (κ3) is 4.87. The summed E-state index contributed by atoms with van der Waals surface area (Å²) in [7, 11) is 0. The van der Waals surface area contributed by atoms with E-state index in [0.717, 1.165) is 28.4 Å². The normalized spacial score (nSPS) is 12.9. The molecule has 0 N–H and O–H groups in total. The van der Waals surface area contributed by atoms with Crippen molar-refractivity contribution in [2.24, 2.45) is 0 Å². The van der Waals surface area contributed by atoms with Crippen molar-refractivity contribution in [2.75, 3.05) is 9.80 Å². The number of fused-ring (bicyclic) bond motifs is 10. The van der Waals surface area contributed by atoms with Gasteiger partial charge in [0, 0.05) is 39.2 Å². The van der Waals surface area contributed by atoms with E-state index in [1.54, 1.807) is 0 Å². The molecule has 0 fully saturated rings. The molecule has 9 aromatic rings. The Bertz CT molecular complexity index is 2710. The molecular weight excluding hydrogens is 641 g/mol. The van der Waals surface area contributed by atoms with Gasteiger partial charge in [-0.3, -0.25) is 0 Å². The van der Waals surface area contributed by atoms with E-state index in [0.29, 0.717) is 0 Å². The zero-order valence-electron chi connectivity index (χ0n) is 29.9. The molecule has 2 nitrogen and oxygen atoms in total. The molecule has 0 aliphatic heterocycles. The molecule has 2 heteroatoms. The van der Waals surface area contributed by atoms with Crippen LogP contribution >= 0.6 is 0 Å². The molecule has 0 atom stereocenters. The average molecular weight is 679 g/mol. The summed E-state index contributed by atoms with van der Waals surface area (Å²) in [6, 6.07) is 70.5. The zero-order chi connectivity index (χ0) is 35.5. The number of nitrogens with zero attached hydrogens (tertiary/aromatic N) is 2. The minimum absolute atomic E-state index is 0.254. The van der Waals surface area contributed by atoms with Gasteiger partial charge in [-0.1, -0.05) is 141 Å². The van der Waals surface area contributed by atoms with Gasteiger partial charge in [-0.15, -0.1) is 0 Å². The molecule has 9 aromatic carbocycles. The monoisotopic (exact) mass is 678 g/mol. The van der Waals surface area contributed by atoms with Crippen molar-refractivity contribution in [2.45, 2.75) is 19.3 Å². The summed E-state index contributed by atoms with van der Waals surface area (Å²) in [6.45, 7) is 4.86. The molecule has 0 spiro atoms. The first-order valence-electron chi connectivity index (χ1n) is 18.5. The average Bonchev–Trinajstić information content (AvgIpc) is 3.46.